The smallest absolute Gasteiger partial charge is 0.229 e. The fraction of sp³-hybridized carbons (Fsp3) is 0.318. The Morgan fingerprint density at radius 1 is 1.09 bits per heavy atom. The molecular weight excluding hydrogens is 440 g/mol. The van der Waals surface area contributed by atoms with Crippen LogP contribution in [-0.2, 0) is 4.74 Å². The Hall–Kier alpha value is -3.51. The topological polar surface area (TPSA) is 168 Å². The van der Waals surface area contributed by atoms with Gasteiger partial charge in [0.1, 0.15) is 39.9 Å². The number of hydrogen-bond acceptors (Lipinski definition) is 11. The van der Waals surface area contributed by atoms with Gasteiger partial charge in [-0.15, -0.1) is 0 Å². The zero-order chi connectivity index (χ0) is 23.9. The molecule has 176 valence electrons. The van der Waals surface area contributed by atoms with Gasteiger partial charge in [0.15, 0.2) is 16.9 Å². The third-order valence-corrected chi connectivity index (χ3v) is 5.35. The fourth-order valence-corrected chi connectivity index (χ4v) is 3.54. The number of aliphatic hydroxyl groups excluding tert-OH is 2. The van der Waals surface area contributed by atoms with Gasteiger partial charge in [-0.05, 0) is 12.1 Å². The normalized spacial score (nSPS) is 22.5. The number of aliphatic hydroxyl groups is 3. The molecule has 2 aromatic carbocycles. The quantitative estimate of drug-likeness (QED) is 0.350. The van der Waals surface area contributed by atoms with Crippen molar-refractivity contribution in [1.29, 1.82) is 0 Å². The molecular formula is C22H22O11. The molecule has 1 aliphatic heterocycles. The molecule has 1 aliphatic rings. The Bertz CT molecular complexity index is 1230. The second kappa shape index (κ2) is 8.45. The second-order valence-electron chi connectivity index (χ2n) is 7.53. The summed E-state index contributed by atoms with van der Waals surface area (Å²) >= 11 is 0. The summed E-state index contributed by atoms with van der Waals surface area (Å²) in [5.41, 5.74) is -2.10. The van der Waals surface area contributed by atoms with Crippen molar-refractivity contribution < 1.29 is 48.9 Å². The lowest BCUT2D eigenvalue weighted by atomic mass is 10.0. The SMILES string of the molecule is COc1cc(-c2cc(=O)c3c(O)cc(O)cc3o2)cc(OC)c1O[C@@H]1OC[C@](O)(CO)[C@@H]1O. The van der Waals surface area contributed by atoms with Gasteiger partial charge >= 0.3 is 0 Å². The molecule has 3 atom stereocenters. The van der Waals surface area contributed by atoms with E-state index in [2.05, 4.69) is 0 Å². The Kier molecular flexibility index (Phi) is 5.80. The average molecular weight is 462 g/mol. The minimum absolute atomic E-state index is 0.0287. The highest BCUT2D eigenvalue weighted by Gasteiger charge is 2.49. The molecule has 2 heterocycles. The van der Waals surface area contributed by atoms with Gasteiger partial charge in [-0.3, -0.25) is 4.79 Å². The average Bonchev–Trinajstić information content (AvgIpc) is 3.07. The Balaban J connectivity index is 1.77. The van der Waals surface area contributed by atoms with Crippen molar-refractivity contribution in [3.8, 4) is 40.1 Å². The summed E-state index contributed by atoms with van der Waals surface area (Å²) in [7, 11) is 2.71. The number of hydrogen-bond donors (Lipinski definition) is 5. The first-order valence-corrected chi connectivity index (χ1v) is 9.76. The molecule has 0 amide bonds. The van der Waals surface area contributed by atoms with E-state index in [1.807, 2.05) is 0 Å². The third-order valence-electron chi connectivity index (χ3n) is 5.35. The van der Waals surface area contributed by atoms with Crippen molar-refractivity contribution in [2.75, 3.05) is 27.4 Å². The number of methoxy groups -OCH3 is 2. The molecule has 0 aliphatic carbocycles. The van der Waals surface area contributed by atoms with Crippen LogP contribution >= 0.6 is 0 Å². The first-order valence-electron chi connectivity index (χ1n) is 9.76. The second-order valence-corrected chi connectivity index (χ2v) is 7.53. The van der Waals surface area contributed by atoms with E-state index < -0.39 is 35.8 Å². The number of rotatable bonds is 6. The van der Waals surface area contributed by atoms with E-state index >= 15 is 0 Å². The molecule has 0 saturated carbocycles. The van der Waals surface area contributed by atoms with Crippen molar-refractivity contribution in [3.63, 3.8) is 0 Å². The Morgan fingerprint density at radius 3 is 2.33 bits per heavy atom. The minimum atomic E-state index is -1.88. The maximum absolute atomic E-state index is 12.6. The van der Waals surface area contributed by atoms with Crippen LogP contribution in [0.2, 0.25) is 0 Å². The highest BCUT2D eigenvalue weighted by Crippen LogP contribution is 2.43. The molecule has 1 fully saturated rings. The number of aromatic hydroxyl groups is 2. The molecule has 11 nitrogen and oxygen atoms in total. The Labute approximate surface area is 186 Å². The van der Waals surface area contributed by atoms with Gasteiger partial charge in [-0.25, -0.2) is 0 Å². The monoisotopic (exact) mass is 462 g/mol. The fourth-order valence-electron chi connectivity index (χ4n) is 3.54. The maximum atomic E-state index is 12.6. The molecule has 0 unspecified atom stereocenters. The maximum Gasteiger partial charge on any atom is 0.229 e. The number of phenolic OH excluding ortho intramolecular Hbond substituents is 2. The van der Waals surface area contributed by atoms with Gasteiger partial charge in [0.2, 0.25) is 12.0 Å². The van der Waals surface area contributed by atoms with Crippen LogP contribution in [0.3, 0.4) is 0 Å². The van der Waals surface area contributed by atoms with E-state index in [1.54, 1.807) is 0 Å². The van der Waals surface area contributed by atoms with Gasteiger partial charge in [0.25, 0.3) is 0 Å². The van der Waals surface area contributed by atoms with E-state index in [0.717, 1.165) is 6.07 Å². The lowest BCUT2D eigenvalue weighted by Crippen LogP contribution is -2.48. The predicted octanol–water partition coefficient (Wildman–Crippen LogP) is 0.708. The number of ether oxygens (including phenoxy) is 4. The molecule has 1 aromatic heterocycles. The van der Waals surface area contributed by atoms with Crippen molar-refractivity contribution >= 4 is 11.0 Å². The molecule has 5 N–H and O–H groups in total. The van der Waals surface area contributed by atoms with Gasteiger partial charge in [0.05, 0.1) is 27.4 Å². The van der Waals surface area contributed by atoms with Crippen LogP contribution in [0.15, 0.2) is 39.5 Å². The summed E-state index contributed by atoms with van der Waals surface area (Å²) in [5, 5.41) is 49.4. The van der Waals surface area contributed by atoms with Crippen LogP contribution < -0.4 is 19.6 Å². The van der Waals surface area contributed by atoms with Crippen molar-refractivity contribution in [3.05, 3.63) is 40.6 Å². The third kappa shape index (κ3) is 3.91. The lowest BCUT2D eigenvalue weighted by Gasteiger charge is -2.25. The van der Waals surface area contributed by atoms with Gasteiger partial charge in [-0.1, -0.05) is 0 Å². The van der Waals surface area contributed by atoms with Crippen LogP contribution in [0.4, 0.5) is 0 Å². The van der Waals surface area contributed by atoms with Crippen molar-refractivity contribution in [1.82, 2.24) is 0 Å². The molecule has 3 aromatic rings. The van der Waals surface area contributed by atoms with Gasteiger partial charge in [-0.2, -0.15) is 0 Å². The summed E-state index contributed by atoms with van der Waals surface area (Å²) in [5.74, 6) is -0.317. The summed E-state index contributed by atoms with van der Waals surface area (Å²) in [6.45, 7) is -1.08. The summed E-state index contributed by atoms with van der Waals surface area (Å²) < 4.78 is 27.4. The molecule has 33 heavy (non-hydrogen) atoms. The van der Waals surface area contributed by atoms with Crippen molar-refractivity contribution in [2.45, 2.75) is 18.0 Å². The molecule has 0 bridgehead atoms. The number of phenols is 2. The van der Waals surface area contributed by atoms with Gasteiger partial charge in [0, 0.05) is 23.8 Å². The minimum Gasteiger partial charge on any atom is -0.508 e. The largest absolute Gasteiger partial charge is 0.508 e. The number of benzene rings is 2. The first kappa shape index (κ1) is 22.7. The zero-order valence-corrected chi connectivity index (χ0v) is 17.6. The number of fused-ring (bicyclic) bond motifs is 1. The van der Waals surface area contributed by atoms with Crippen LogP contribution in [0.1, 0.15) is 0 Å². The standard InChI is InChI=1S/C22H22O11/c1-29-16-3-10(14-7-13(26)18-12(25)5-11(24)6-15(18)32-14)4-17(30-2)19(16)33-21-20(27)22(28,8-23)9-31-21/h3-7,20-21,23-25,27-28H,8-9H2,1-2H3/t20-,21+,22-/m1/s1. The van der Waals surface area contributed by atoms with Crippen LogP contribution in [0, 0.1) is 0 Å². The molecule has 4 rings (SSSR count). The summed E-state index contributed by atoms with van der Waals surface area (Å²) in [6.07, 6.45) is -2.86. The molecule has 11 heteroatoms. The van der Waals surface area contributed by atoms with E-state index in [1.165, 1.54) is 38.5 Å². The zero-order valence-electron chi connectivity index (χ0n) is 17.6. The van der Waals surface area contributed by atoms with Crippen molar-refractivity contribution in [2.24, 2.45) is 0 Å². The van der Waals surface area contributed by atoms with E-state index in [4.69, 9.17) is 23.4 Å². The molecule has 0 spiro atoms. The van der Waals surface area contributed by atoms with E-state index in [-0.39, 0.29) is 46.3 Å². The Morgan fingerprint density at radius 2 is 1.76 bits per heavy atom. The highest BCUT2D eigenvalue weighted by atomic mass is 16.7. The van der Waals surface area contributed by atoms with Gasteiger partial charge < -0.3 is 48.9 Å². The lowest BCUT2D eigenvalue weighted by molar-refractivity contribution is -0.116. The summed E-state index contributed by atoms with van der Waals surface area (Å²) in [4.78, 5) is 12.6. The highest BCUT2D eigenvalue weighted by molar-refractivity contribution is 5.86. The summed E-state index contributed by atoms with van der Waals surface area (Å²) in [6, 6.07) is 6.36. The first-order chi connectivity index (χ1) is 15.7. The molecule has 0 radical (unpaired) electrons. The van der Waals surface area contributed by atoms with E-state index in [9.17, 15) is 30.3 Å². The van der Waals surface area contributed by atoms with Crippen LogP contribution in [-0.4, -0.2) is 71.0 Å². The van der Waals surface area contributed by atoms with Crippen LogP contribution in [0.5, 0.6) is 28.7 Å². The van der Waals surface area contributed by atoms with Crippen LogP contribution in [0.25, 0.3) is 22.3 Å². The van der Waals surface area contributed by atoms with E-state index in [0.29, 0.717) is 5.56 Å². The molecule has 1 saturated heterocycles. The predicted molar refractivity (Wildman–Crippen MR) is 113 cm³/mol.